The van der Waals surface area contributed by atoms with Crippen LogP contribution in [0.25, 0.3) is 5.65 Å². The first-order valence-electron chi connectivity index (χ1n) is 7.11. The van der Waals surface area contributed by atoms with Gasteiger partial charge >= 0.3 is 0 Å². The summed E-state index contributed by atoms with van der Waals surface area (Å²) in [6.45, 7) is 5.31. The minimum Gasteiger partial charge on any atom is -0.355 e. The molecule has 1 amide bonds. The molecule has 2 aromatic rings. The maximum Gasteiger partial charge on any atom is 0.222 e. The normalized spacial score (nSPS) is 16.4. The van der Waals surface area contributed by atoms with Gasteiger partial charge in [-0.3, -0.25) is 4.79 Å². The lowest BCUT2D eigenvalue weighted by atomic mass is 10.3. The van der Waals surface area contributed by atoms with Crippen LogP contribution in [0, 0.1) is 0 Å². The Kier molecular flexibility index (Phi) is 3.54. The zero-order valence-corrected chi connectivity index (χ0v) is 11.7. The van der Waals surface area contributed by atoms with Crippen molar-refractivity contribution in [2.24, 2.45) is 0 Å². The van der Waals surface area contributed by atoms with Crippen molar-refractivity contribution in [3.8, 4) is 0 Å². The molecule has 106 valence electrons. The molecule has 0 aliphatic carbocycles. The van der Waals surface area contributed by atoms with Gasteiger partial charge in [-0.15, -0.1) is 0 Å². The van der Waals surface area contributed by atoms with Gasteiger partial charge in [0.05, 0.1) is 6.20 Å². The minimum absolute atomic E-state index is 0.241. The lowest BCUT2D eigenvalue weighted by Crippen LogP contribution is -2.35. The monoisotopic (exact) mass is 273 g/mol. The highest BCUT2D eigenvalue weighted by atomic mass is 16.2. The number of carbonyl (C=O) groups is 1. The molecule has 0 aromatic carbocycles. The summed E-state index contributed by atoms with van der Waals surface area (Å²) in [6, 6.07) is 3.88. The molecule has 0 unspecified atom stereocenters. The molecule has 3 rings (SSSR count). The van der Waals surface area contributed by atoms with E-state index in [1.807, 2.05) is 34.7 Å². The molecule has 0 atom stereocenters. The van der Waals surface area contributed by atoms with E-state index >= 15 is 0 Å². The van der Waals surface area contributed by atoms with Crippen molar-refractivity contribution < 1.29 is 4.79 Å². The summed E-state index contributed by atoms with van der Waals surface area (Å²) in [4.78, 5) is 20.3. The van der Waals surface area contributed by atoms with Gasteiger partial charge in [-0.1, -0.05) is 6.92 Å². The maximum absolute atomic E-state index is 11.8. The van der Waals surface area contributed by atoms with Gasteiger partial charge in [0.2, 0.25) is 5.91 Å². The topological polar surface area (TPSA) is 53.7 Å². The fourth-order valence-corrected chi connectivity index (χ4v) is 2.68. The maximum atomic E-state index is 11.8. The molecule has 3 heterocycles. The van der Waals surface area contributed by atoms with E-state index in [0.29, 0.717) is 6.42 Å². The molecule has 6 heteroatoms. The van der Waals surface area contributed by atoms with E-state index in [2.05, 4.69) is 15.0 Å². The Balaban J connectivity index is 1.81. The summed E-state index contributed by atoms with van der Waals surface area (Å²) in [5, 5.41) is 4.33. The van der Waals surface area contributed by atoms with Crippen LogP contribution >= 0.6 is 0 Å². The van der Waals surface area contributed by atoms with E-state index in [-0.39, 0.29) is 5.91 Å². The summed E-state index contributed by atoms with van der Waals surface area (Å²) in [6.07, 6.45) is 5.14. The number of anilines is 1. The first-order chi connectivity index (χ1) is 9.79. The van der Waals surface area contributed by atoms with Gasteiger partial charge in [-0.2, -0.15) is 9.61 Å². The van der Waals surface area contributed by atoms with E-state index in [9.17, 15) is 4.79 Å². The molecule has 0 bridgehead atoms. The number of rotatable bonds is 2. The van der Waals surface area contributed by atoms with Crippen LogP contribution in [0.2, 0.25) is 0 Å². The molecule has 1 aliphatic heterocycles. The lowest BCUT2D eigenvalue weighted by molar-refractivity contribution is -0.130. The van der Waals surface area contributed by atoms with Gasteiger partial charge in [0, 0.05) is 44.9 Å². The number of fused-ring (bicyclic) bond motifs is 1. The lowest BCUT2D eigenvalue weighted by Gasteiger charge is -2.23. The summed E-state index contributed by atoms with van der Waals surface area (Å²) in [7, 11) is 0. The molecular formula is C14H19N5O. The Labute approximate surface area is 118 Å². The van der Waals surface area contributed by atoms with Crippen LogP contribution in [0.3, 0.4) is 0 Å². The average Bonchev–Trinajstić information content (AvgIpc) is 2.83. The van der Waals surface area contributed by atoms with Crippen molar-refractivity contribution in [1.29, 1.82) is 0 Å². The molecule has 20 heavy (non-hydrogen) atoms. The molecule has 0 saturated carbocycles. The second kappa shape index (κ2) is 5.48. The van der Waals surface area contributed by atoms with Crippen LogP contribution in [-0.2, 0) is 4.79 Å². The molecule has 0 spiro atoms. The Morgan fingerprint density at radius 2 is 2.10 bits per heavy atom. The number of amides is 1. The molecule has 2 aromatic heterocycles. The third kappa shape index (κ3) is 2.33. The standard InChI is InChI=1S/C14H19N5O/c1-2-14(20)18-9-3-8-17(10-11-18)13-5-6-15-12-4-7-16-19(12)13/h4-7H,2-3,8-11H2,1H3. The van der Waals surface area contributed by atoms with Gasteiger partial charge in [0.15, 0.2) is 5.65 Å². The second-order valence-electron chi connectivity index (χ2n) is 4.98. The van der Waals surface area contributed by atoms with Gasteiger partial charge in [-0.05, 0) is 12.5 Å². The Morgan fingerprint density at radius 3 is 2.95 bits per heavy atom. The number of nitrogens with zero attached hydrogens (tertiary/aromatic N) is 5. The van der Waals surface area contributed by atoms with Crippen LogP contribution < -0.4 is 4.90 Å². The minimum atomic E-state index is 0.241. The fourth-order valence-electron chi connectivity index (χ4n) is 2.68. The van der Waals surface area contributed by atoms with E-state index in [0.717, 1.165) is 44.1 Å². The molecule has 0 N–H and O–H groups in total. The van der Waals surface area contributed by atoms with Crippen molar-refractivity contribution in [2.75, 3.05) is 31.1 Å². The van der Waals surface area contributed by atoms with E-state index in [4.69, 9.17) is 0 Å². The summed E-state index contributed by atoms with van der Waals surface area (Å²) in [5.74, 6) is 1.29. The highest BCUT2D eigenvalue weighted by Crippen LogP contribution is 2.17. The molecule has 1 aliphatic rings. The van der Waals surface area contributed by atoms with Gasteiger partial charge in [-0.25, -0.2) is 4.98 Å². The predicted molar refractivity (Wildman–Crippen MR) is 76.7 cm³/mol. The Morgan fingerprint density at radius 1 is 1.20 bits per heavy atom. The van der Waals surface area contributed by atoms with Crippen molar-refractivity contribution in [2.45, 2.75) is 19.8 Å². The first-order valence-corrected chi connectivity index (χ1v) is 7.11. The van der Waals surface area contributed by atoms with Crippen LogP contribution in [0.1, 0.15) is 19.8 Å². The SMILES string of the molecule is CCC(=O)N1CCCN(c2ccnc3ccnn23)CC1. The third-order valence-corrected chi connectivity index (χ3v) is 3.75. The number of carbonyl (C=O) groups excluding carboxylic acids is 1. The Hall–Kier alpha value is -2.11. The van der Waals surface area contributed by atoms with Crippen LogP contribution in [0.4, 0.5) is 5.82 Å². The van der Waals surface area contributed by atoms with Crippen molar-refractivity contribution in [1.82, 2.24) is 19.5 Å². The van der Waals surface area contributed by atoms with Gasteiger partial charge < -0.3 is 9.80 Å². The van der Waals surface area contributed by atoms with Crippen molar-refractivity contribution >= 4 is 17.4 Å². The highest BCUT2D eigenvalue weighted by molar-refractivity contribution is 5.75. The smallest absolute Gasteiger partial charge is 0.222 e. The Bertz CT molecular complexity index is 608. The molecule has 1 fully saturated rings. The zero-order chi connectivity index (χ0) is 13.9. The summed E-state index contributed by atoms with van der Waals surface area (Å²) >= 11 is 0. The molecular weight excluding hydrogens is 254 g/mol. The van der Waals surface area contributed by atoms with E-state index in [1.54, 1.807) is 6.20 Å². The third-order valence-electron chi connectivity index (χ3n) is 3.75. The van der Waals surface area contributed by atoms with Gasteiger partial charge in [0.25, 0.3) is 0 Å². The molecule has 1 saturated heterocycles. The zero-order valence-electron chi connectivity index (χ0n) is 11.7. The van der Waals surface area contributed by atoms with E-state index < -0.39 is 0 Å². The number of hydrogen-bond acceptors (Lipinski definition) is 4. The van der Waals surface area contributed by atoms with Crippen LogP contribution in [0.5, 0.6) is 0 Å². The largest absolute Gasteiger partial charge is 0.355 e. The highest BCUT2D eigenvalue weighted by Gasteiger charge is 2.19. The summed E-state index contributed by atoms with van der Waals surface area (Å²) in [5.41, 5.74) is 0.855. The fraction of sp³-hybridized carbons (Fsp3) is 0.500. The first kappa shape index (κ1) is 12.9. The van der Waals surface area contributed by atoms with Crippen LogP contribution in [0.15, 0.2) is 24.5 Å². The average molecular weight is 273 g/mol. The number of hydrogen-bond donors (Lipinski definition) is 0. The van der Waals surface area contributed by atoms with Gasteiger partial charge in [0.1, 0.15) is 5.82 Å². The quantitative estimate of drug-likeness (QED) is 0.824. The van der Waals surface area contributed by atoms with Crippen molar-refractivity contribution in [3.63, 3.8) is 0 Å². The molecule has 0 radical (unpaired) electrons. The molecule has 6 nitrogen and oxygen atoms in total. The number of aromatic nitrogens is 3. The van der Waals surface area contributed by atoms with E-state index in [1.165, 1.54) is 0 Å². The predicted octanol–water partition coefficient (Wildman–Crippen LogP) is 1.18. The van der Waals surface area contributed by atoms with Crippen molar-refractivity contribution in [3.05, 3.63) is 24.5 Å². The van der Waals surface area contributed by atoms with Crippen LogP contribution in [-0.4, -0.2) is 51.6 Å². The second-order valence-corrected chi connectivity index (χ2v) is 4.98. The summed E-state index contributed by atoms with van der Waals surface area (Å²) < 4.78 is 1.86.